The average Bonchev–Trinajstić information content (AvgIpc) is 3.52. The normalized spacial score (nSPS) is 14.5. The Hall–Kier alpha value is -4.41. The van der Waals surface area contributed by atoms with Crippen molar-refractivity contribution in [2.45, 2.75) is 24.6 Å². The van der Waals surface area contributed by atoms with E-state index >= 15 is 0 Å². The van der Waals surface area contributed by atoms with Crippen LogP contribution in [0.5, 0.6) is 5.75 Å². The lowest BCUT2D eigenvalue weighted by atomic mass is 10.1. The summed E-state index contributed by atoms with van der Waals surface area (Å²) in [5, 5.41) is 15.1. The number of fused-ring (bicyclic) bond motifs is 1. The first kappa shape index (κ1) is 23.3. The number of phenols is 1. The lowest BCUT2D eigenvalue weighted by Gasteiger charge is -2.27. The van der Waals surface area contributed by atoms with Gasteiger partial charge < -0.3 is 15.7 Å². The number of aromatic hydroxyl groups is 1. The molecule has 1 fully saturated rings. The molecule has 1 amide bonds. The number of aromatic nitrogens is 4. The number of carbonyl (C=O) groups is 1. The van der Waals surface area contributed by atoms with E-state index in [1.54, 1.807) is 9.58 Å². The van der Waals surface area contributed by atoms with Crippen molar-refractivity contribution in [3.63, 3.8) is 0 Å². The number of anilines is 2. The van der Waals surface area contributed by atoms with Crippen LogP contribution in [0.1, 0.15) is 18.4 Å². The van der Waals surface area contributed by atoms with Crippen LogP contribution in [0, 0.1) is 0 Å². The standard InChI is InChI=1S/C25H21F3N6O2/c1-2-19(36)33(16-6-4-3-5-7-16)13-24(10-11-24)34-23-20(22(29)30-14-31-23)21(32-34)15-8-9-17(18(35)12-15)25(26,27)28/h2-9,12,14,35H,1,10-11,13H2,(H2,29,30,31). The van der Waals surface area contributed by atoms with Crippen molar-refractivity contribution < 1.29 is 23.1 Å². The van der Waals surface area contributed by atoms with Crippen molar-refractivity contribution >= 4 is 28.4 Å². The van der Waals surface area contributed by atoms with E-state index in [1.165, 1.54) is 18.5 Å². The molecule has 5 rings (SSSR count). The summed E-state index contributed by atoms with van der Waals surface area (Å²) in [6, 6.07) is 12.1. The van der Waals surface area contributed by atoms with Crippen LogP contribution < -0.4 is 10.6 Å². The van der Waals surface area contributed by atoms with E-state index in [1.807, 2.05) is 30.3 Å². The Morgan fingerprint density at radius 1 is 1.19 bits per heavy atom. The van der Waals surface area contributed by atoms with Crippen LogP contribution >= 0.6 is 0 Å². The number of hydrogen-bond donors (Lipinski definition) is 2. The molecular weight excluding hydrogens is 473 g/mol. The summed E-state index contributed by atoms with van der Waals surface area (Å²) in [5.41, 5.74) is 5.90. The fourth-order valence-electron chi connectivity index (χ4n) is 4.32. The van der Waals surface area contributed by atoms with Gasteiger partial charge in [0.15, 0.2) is 5.65 Å². The van der Waals surface area contributed by atoms with Crippen molar-refractivity contribution in [3.05, 3.63) is 73.1 Å². The molecule has 0 spiro atoms. The largest absolute Gasteiger partial charge is 0.507 e. The minimum atomic E-state index is -4.71. The Kier molecular flexibility index (Phi) is 5.42. The first-order valence-corrected chi connectivity index (χ1v) is 11.0. The molecule has 11 heteroatoms. The number of carbonyl (C=O) groups excluding carboxylic acids is 1. The number of nitrogen functional groups attached to an aromatic ring is 1. The molecule has 0 saturated heterocycles. The second-order valence-electron chi connectivity index (χ2n) is 8.64. The quantitative estimate of drug-likeness (QED) is 0.382. The third kappa shape index (κ3) is 3.92. The summed E-state index contributed by atoms with van der Waals surface area (Å²) in [6.45, 7) is 3.88. The molecule has 0 radical (unpaired) electrons. The summed E-state index contributed by atoms with van der Waals surface area (Å²) >= 11 is 0. The number of benzene rings is 2. The van der Waals surface area contributed by atoms with Gasteiger partial charge in [-0.2, -0.15) is 18.3 Å². The van der Waals surface area contributed by atoms with Crippen LogP contribution in [0.15, 0.2) is 67.5 Å². The summed E-state index contributed by atoms with van der Waals surface area (Å²) in [6.07, 6.45) is -0.828. The van der Waals surface area contributed by atoms with Gasteiger partial charge in [0.05, 0.1) is 23.0 Å². The Labute approximate surface area is 203 Å². The highest BCUT2D eigenvalue weighted by atomic mass is 19.4. The zero-order valence-corrected chi connectivity index (χ0v) is 18.9. The summed E-state index contributed by atoms with van der Waals surface area (Å²) in [4.78, 5) is 22.7. The van der Waals surface area contributed by atoms with Crippen LogP contribution in [0.3, 0.4) is 0 Å². The van der Waals surface area contributed by atoms with Gasteiger partial charge in [0.25, 0.3) is 0 Å². The number of para-hydroxylation sites is 1. The highest BCUT2D eigenvalue weighted by Gasteiger charge is 2.49. The maximum absolute atomic E-state index is 13.2. The fourth-order valence-corrected chi connectivity index (χ4v) is 4.32. The molecule has 2 aromatic carbocycles. The molecule has 4 aromatic rings. The van der Waals surface area contributed by atoms with E-state index in [0.29, 0.717) is 29.6 Å². The Balaban J connectivity index is 1.63. The van der Waals surface area contributed by atoms with Gasteiger partial charge in [0, 0.05) is 11.3 Å². The highest BCUT2D eigenvalue weighted by Crippen LogP contribution is 2.48. The maximum atomic E-state index is 13.2. The van der Waals surface area contributed by atoms with Gasteiger partial charge >= 0.3 is 6.18 Å². The van der Waals surface area contributed by atoms with E-state index in [4.69, 9.17) is 10.8 Å². The third-order valence-electron chi connectivity index (χ3n) is 6.31. The summed E-state index contributed by atoms with van der Waals surface area (Å²) in [5.74, 6) is -1.12. The fraction of sp³-hybridized carbons (Fsp3) is 0.200. The maximum Gasteiger partial charge on any atom is 0.419 e. The molecule has 184 valence electrons. The smallest absolute Gasteiger partial charge is 0.419 e. The molecule has 2 heterocycles. The first-order valence-electron chi connectivity index (χ1n) is 11.0. The van der Waals surface area contributed by atoms with Gasteiger partial charge in [-0.15, -0.1) is 0 Å². The molecule has 8 nitrogen and oxygen atoms in total. The number of phenolic OH excluding ortho intramolecular Hbond substituents is 1. The molecule has 0 bridgehead atoms. The number of nitrogens with zero attached hydrogens (tertiary/aromatic N) is 5. The molecule has 3 N–H and O–H groups in total. The zero-order valence-electron chi connectivity index (χ0n) is 18.9. The van der Waals surface area contributed by atoms with Gasteiger partial charge in [-0.05, 0) is 43.2 Å². The molecule has 1 aliphatic rings. The van der Waals surface area contributed by atoms with E-state index in [0.717, 1.165) is 12.1 Å². The highest BCUT2D eigenvalue weighted by molar-refractivity contribution is 6.01. The van der Waals surface area contributed by atoms with Crippen molar-refractivity contribution in [1.29, 1.82) is 0 Å². The predicted molar refractivity (Wildman–Crippen MR) is 128 cm³/mol. The number of rotatable bonds is 6. The zero-order chi connectivity index (χ0) is 25.7. The Bertz CT molecular complexity index is 1480. The second kappa shape index (κ2) is 8.36. The van der Waals surface area contributed by atoms with Gasteiger partial charge in [-0.1, -0.05) is 30.8 Å². The van der Waals surface area contributed by atoms with Crippen LogP contribution in [0.2, 0.25) is 0 Å². The topological polar surface area (TPSA) is 110 Å². The van der Waals surface area contributed by atoms with Crippen molar-refractivity contribution in [2.24, 2.45) is 0 Å². The molecular formula is C25H21F3N6O2. The monoisotopic (exact) mass is 494 g/mol. The third-order valence-corrected chi connectivity index (χ3v) is 6.31. The molecule has 1 aliphatic carbocycles. The minimum Gasteiger partial charge on any atom is -0.507 e. The van der Waals surface area contributed by atoms with E-state index in [9.17, 15) is 23.1 Å². The molecule has 0 atom stereocenters. The summed E-state index contributed by atoms with van der Waals surface area (Å²) in [7, 11) is 0. The van der Waals surface area contributed by atoms with Crippen molar-refractivity contribution in [2.75, 3.05) is 17.2 Å². The number of alkyl halides is 3. The summed E-state index contributed by atoms with van der Waals surface area (Å²) < 4.78 is 41.2. The lowest BCUT2D eigenvalue weighted by molar-refractivity contribution is -0.138. The van der Waals surface area contributed by atoms with Gasteiger partial charge in [0.2, 0.25) is 5.91 Å². The molecule has 36 heavy (non-hydrogen) atoms. The first-order chi connectivity index (χ1) is 17.1. The SMILES string of the molecule is C=CC(=O)N(CC1(n2nc(-c3ccc(C(F)(F)F)c(O)c3)c3c(N)ncnc32)CC1)c1ccccc1. The number of hydrogen-bond acceptors (Lipinski definition) is 6. The van der Waals surface area contributed by atoms with Crippen LogP contribution in [-0.2, 0) is 16.5 Å². The van der Waals surface area contributed by atoms with Crippen LogP contribution in [-0.4, -0.2) is 37.3 Å². The van der Waals surface area contributed by atoms with Crippen molar-refractivity contribution in [3.8, 4) is 17.0 Å². The average molecular weight is 494 g/mol. The molecule has 0 aliphatic heterocycles. The molecule has 0 unspecified atom stereocenters. The van der Waals surface area contributed by atoms with Crippen LogP contribution in [0.25, 0.3) is 22.3 Å². The Morgan fingerprint density at radius 2 is 1.92 bits per heavy atom. The molecule has 1 saturated carbocycles. The van der Waals surface area contributed by atoms with Gasteiger partial charge in [-0.25, -0.2) is 14.6 Å². The minimum absolute atomic E-state index is 0.0959. The Morgan fingerprint density at radius 3 is 2.53 bits per heavy atom. The lowest BCUT2D eigenvalue weighted by Crippen LogP contribution is -2.39. The van der Waals surface area contributed by atoms with Gasteiger partial charge in [-0.3, -0.25) is 4.79 Å². The van der Waals surface area contributed by atoms with E-state index in [-0.39, 0.29) is 29.5 Å². The number of nitrogens with two attached hydrogens (primary N) is 1. The van der Waals surface area contributed by atoms with E-state index in [2.05, 4.69) is 16.5 Å². The predicted octanol–water partition coefficient (Wildman–Crippen LogP) is 4.51. The van der Waals surface area contributed by atoms with Crippen LogP contribution in [0.4, 0.5) is 24.7 Å². The van der Waals surface area contributed by atoms with Crippen molar-refractivity contribution in [1.82, 2.24) is 19.7 Å². The van der Waals surface area contributed by atoms with Gasteiger partial charge in [0.1, 0.15) is 23.6 Å². The second-order valence-corrected chi connectivity index (χ2v) is 8.64. The number of halogens is 3. The number of amides is 1. The molecule has 2 aromatic heterocycles. The van der Waals surface area contributed by atoms with E-state index < -0.39 is 23.0 Å².